The van der Waals surface area contributed by atoms with Gasteiger partial charge in [0.05, 0.1) is 0 Å². The Balaban J connectivity index is 1.21. The number of carbonyl (C=O) groups excluding carboxylic acids is 1. The molecular weight excluding hydrogens is 451 g/mol. The van der Waals surface area contributed by atoms with Gasteiger partial charge in [-0.15, -0.1) is 10.2 Å². The van der Waals surface area contributed by atoms with Crippen LogP contribution in [-0.2, 0) is 11.3 Å². The van der Waals surface area contributed by atoms with Crippen LogP contribution in [0.4, 0.5) is 15.1 Å². The molecule has 1 aliphatic carbocycles. The highest BCUT2D eigenvalue weighted by Gasteiger charge is 2.49. The van der Waals surface area contributed by atoms with Crippen molar-refractivity contribution in [2.24, 2.45) is 0 Å². The number of hydrogen-bond donors (Lipinski definition) is 1. The molecule has 2 aromatic heterocycles. The van der Waals surface area contributed by atoms with Crippen molar-refractivity contribution in [3.8, 4) is 5.75 Å². The van der Waals surface area contributed by atoms with E-state index < -0.39 is 5.60 Å². The summed E-state index contributed by atoms with van der Waals surface area (Å²) < 4.78 is 27.8. The van der Waals surface area contributed by atoms with Crippen LogP contribution in [0.25, 0.3) is 11.2 Å². The number of aromatic nitrogens is 4. The summed E-state index contributed by atoms with van der Waals surface area (Å²) in [6, 6.07) is 3.18. The molecule has 1 amide bonds. The normalized spacial score (nSPS) is 20.7. The molecule has 3 aromatic rings. The van der Waals surface area contributed by atoms with Gasteiger partial charge in [-0.25, -0.2) is 14.2 Å². The molecule has 1 saturated carbocycles. The summed E-state index contributed by atoms with van der Waals surface area (Å²) in [5.41, 5.74) is 3.63. The van der Waals surface area contributed by atoms with Crippen LogP contribution in [0.1, 0.15) is 56.2 Å². The third-order valence-corrected chi connectivity index (χ3v) is 6.60. The zero-order valence-corrected chi connectivity index (χ0v) is 19.9. The van der Waals surface area contributed by atoms with Gasteiger partial charge in [-0.05, 0) is 51.3 Å². The molecule has 10 heteroatoms. The summed E-state index contributed by atoms with van der Waals surface area (Å²) in [5.74, 6) is 1.36. The summed E-state index contributed by atoms with van der Waals surface area (Å²) in [7, 11) is 0. The number of halogens is 1. The van der Waals surface area contributed by atoms with E-state index in [1.165, 1.54) is 6.07 Å². The molecule has 35 heavy (non-hydrogen) atoms. The summed E-state index contributed by atoms with van der Waals surface area (Å²) in [6.45, 7) is 6.85. The largest absolute Gasteiger partial charge is 0.489 e. The van der Waals surface area contributed by atoms with Gasteiger partial charge in [0, 0.05) is 48.4 Å². The Morgan fingerprint density at radius 2 is 2.20 bits per heavy atom. The molecule has 0 spiro atoms. The number of amides is 1. The van der Waals surface area contributed by atoms with Gasteiger partial charge in [0.25, 0.3) is 0 Å². The molecule has 182 valence electrons. The van der Waals surface area contributed by atoms with Gasteiger partial charge < -0.3 is 19.7 Å². The summed E-state index contributed by atoms with van der Waals surface area (Å²) in [6.07, 6.45) is 6.83. The van der Waals surface area contributed by atoms with E-state index in [2.05, 4.69) is 20.5 Å². The number of ether oxygens (including phenoxy) is 2. The Labute approximate surface area is 201 Å². The van der Waals surface area contributed by atoms with Gasteiger partial charge in [-0.1, -0.05) is 6.08 Å². The average molecular weight is 479 g/mol. The number of fused-ring (bicyclic) bond motifs is 4. The van der Waals surface area contributed by atoms with Crippen LogP contribution in [0.2, 0.25) is 0 Å². The topological polar surface area (TPSA) is 93.9 Å². The average Bonchev–Trinajstić information content (AvgIpc) is 3.23. The predicted molar refractivity (Wildman–Crippen MR) is 127 cm³/mol. The smallest absolute Gasteiger partial charge is 0.410 e. The van der Waals surface area contributed by atoms with Crippen molar-refractivity contribution in [2.45, 2.75) is 57.8 Å². The Kier molecular flexibility index (Phi) is 4.94. The summed E-state index contributed by atoms with van der Waals surface area (Å²) in [4.78, 5) is 18.6. The minimum Gasteiger partial charge on any atom is -0.489 e. The van der Waals surface area contributed by atoms with Crippen molar-refractivity contribution < 1.29 is 18.7 Å². The Morgan fingerprint density at radius 1 is 1.34 bits per heavy atom. The first-order chi connectivity index (χ1) is 16.8. The number of hydrogen-bond acceptors (Lipinski definition) is 7. The fourth-order valence-electron chi connectivity index (χ4n) is 4.82. The second-order valence-electron chi connectivity index (χ2n) is 10.2. The van der Waals surface area contributed by atoms with E-state index in [9.17, 15) is 9.18 Å². The predicted octanol–water partition coefficient (Wildman–Crippen LogP) is 4.15. The Hall–Kier alpha value is -3.69. The molecule has 2 unspecified atom stereocenters. The van der Waals surface area contributed by atoms with E-state index in [0.29, 0.717) is 42.6 Å². The van der Waals surface area contributed by atoms with E-state index >= 15 is 0 Å². The fraction of sp³-hybridized carbons (Fsp3) is 0.440. The van der Waals surface area contributed by atoms with Crippen LogP contribution in [-0.4, -0.2) is 55.4 Å². The van der Waals surface area contributed by atoms with Crippen molar-refractivity contribution in [2.75, 3.05) is 18.4 Å². The lowest BCUT2D eigenvalue weighted by molar-refractivity contribution is 0.0270. The van der Waals surface area contributed by atoms with Gasteiger partial charge in [0.1, 0.15) is 29.6 Å². The van der Waals surface area contributed by atoms with Crippen molar-refractivity contribution >= 4 is 23.3 Å². The minimum atomic E-state index is -0.530. The molecule has 1 fully saturated rings. The van der Waals surface area contributed by atoms with E-state index in [0.717, 1.165) is 28.9 Å². The minimum absolute atomic E-state index is 0.197. The molecule has 2 atom stereocenters. The maximum Gasteiger partial charge on any atom is 0.410 e. The number of nitrogens with zero attached hydrogens (tertiary/aromatic N) is 5. The number of rotatable bonds is 4. The molecular formula is C25H27FN6O3. The summed E-state index contributed by atoms with van der Waals surface area (Å²) >= 11 is 0. The van der Waals surface area contributed by atoms with Crippen molar-refractivity contribution in [1.82, 2.24) is 24.5 Å². The third-order valence-electron chi connectivity index (χ3n) is 6.60. The molecule has 1 N–H and O–H groups in total. The highest BCUT2D eigenvalue weighted by Crippen LogP contribution is 2.55. The molecule has 4 heterocycles. The van der Waals surface area contributed by atoms with Crippen LogP contribution < -0.4 is 10.1 Å². The maximum atomic E-state index is 14.7. The number of anilines is 1. The van der Waals surface area contributed by atoms with Crippen LogP contribution in [0.15, 0.2) is 30.7 Å². The second-order valence-corrected chi connectivity index (χ2v) is 10.2. The first-order valence-electron chi connectivity index (χ1n) is 11.9. The SMILES string of the molecule is CC(C)(C)OC(=O)N1CC=C(c2cnc(NCc3c(F)ccc4c3C3CC3O4)n3cnnc23)CC1. The molecule has 9 nitrogen and oxygen atoms in total. The Bertz CT molecular complexity index is 1360. The quantitative estimate of drug-likeness (QED) is 0.602. The van der Waals surface area contributed by atoms with Crippen LogP contribution >= 0.6 is 0 Å². The van der Waals surface area contributed by atoms with Crippen molar-refractivity contribution in [3.63, 3.8) is 0 Å². The molecule has 3 aliphatic rings. The number of benzene rings is 1. The van der Waals surface area contributed by atoms with Crippen LogP contribution in [0.3, 0.4) is 0 Å². The standard InChI is InChI=1S/C25H27FN6O3/c1-25(2,3)35-24(33)31-8-6-14(7-9-31)16-11-27-23(32-13-29-30-22(16)32)28-12-17-18(26)4-5-19-21(17)15-10-20(15)34-19/h4-6,11,13,15,20H,7-10,12H2,1-3H3,(H,27,28). The molecule has 0 saturated heterocycles. The Morgan fingerprint density at radius 3 is 2.97 bits per heavy atom. The van der Waals surface area contributed by atoms with Gasteiger partial charge in [0.2, 0.25) is 5.95 Å². The van der Waals surface area contributed by atoms with Gasteiger partial charge in [-0.3, -0.25) is 4.40 Å². The number of carbonyl (C=O) groups is 1. The molecule has 6 rings (SSSR count). The van der Waals surface area contributed by atoms with Crippen molar-refractivity contribution in [1.29, 1.82) is 0 Å². The van der Waals surface area contributed by atoms with E-state index in [1.54, 1.807) is 27.9 Å². The van der Waals surface area contributed by atoms with E-state index in [-0.39, 0.29) is 24.6 Å². The fourth-order valence-corrected chi connectivity index (χ4v) is 4.82. The maximum absolute atomic E-state index is 14.7. The van der Waals surface area contributed by atoms with Gasteiger partial charge in [0.15, 0.2) is 5.65 Å². The lowest BCUT2D eigenvalue weighted by Gasteiger charge is -2.29. The molecule has 0 bridgehead atoms. The van der Waals surface area contributed by atoms with Gasteiger partial charge in [-0.2, -0.15) is 0 Å². The zero-order chi connectivity index (χ0) is 24.3. The van der Waals surface area contributed by atoms with Crippen LogP contribution in [0, 0.1) is 5.82 Å². The zero-order valence-electron chi connectivity index (χ0n) is 19.9. The van der Waals surface area contributed by atoms with E-state index in [1.807, 2.05) is 26.8 Å². The van der Waals surface area contributed by atoms with Crippen LogP contribution in [0.5, 0.6) is 5.75 Å². The highest BCUT2D eigenvalue weighted by molar-refractivity contribution is 5.78. The molecule has 2 aliphatic heterocycles. The monoisotopic (exact) mass is 478 g/mol. The lowest BCUT2D eigenvalue weighted by Crippen LogP contribution is -2.39. The summed E-state index contributed by atoms with van der Waals surface area (Å²) in [5, 5.41) is 11.6. The van der Waals surface area contributed by atoms with Crippen molar-refractivity contribution in [3.05, 3.63) is 53.2 Å². The lowest BCUT2D eigenvalue weighted by atomic mass is 10.0. The second kappa shape index (κ2) is 7.93. The molecule has 1 aromatic carbocycles. The number of nitrogens with one attached hydrogen (secondary N) is 1. The first-order valence-corrected chi connectivity index (χ1v) is 11.9. The molecule has 0 radical (unpaired) electrons. The van der Waals surface area contributed by atoms with E-state index in [4.69, 9.17) is 9.47 Å². The third kappa shape index (κ3) is 3.96. The van der Waals surface area contributed by atoms with Gasteiger partial charge >= 0.3 is 6.09 Å². The highest BCUT2D eigenvalue weighted by atomic mass is 19.1. The first kappa shape index (κ1) is 21.8.